The van der Waals surface area contributed by atoms with E-state index in [1.165, 1.54) is 51.5 Å². The van der Waals surface area contributed by atoms with E-state index in [0.717, 1.165) is 18.6 Å². The highest BCUT2D eigenvalue weighted by Crippen LogP contribution is 2.22. The van der Waals surface area contributed by atoms with Crippen LogP contribution in [0.25, 0.3) is 0 Å². The van der Waals surface area contributed by atoms with Crippen molar-refractivity contribution in [3.8, 4) is 0 Å². The number of hydrogen-bond donors (Lipinski definition) is 1. The maximum atomic E-state index is 5.05. The summed E-state index contributed by atoms with van der Waals surface area (Å²) in [7, 11) is 1.78. The van der Waals surface area contributed by atoms with E-state index in [4.69, 9.17) is 4.74 Å². The van der Waals surface area contributed by atoms with Gasteiger partial charge in [-0.05, 0) is 38.1 Å². The van der Waals surface area contributed by atoms with Gasteiger partial charge in [0.05, 0.1) is 0 Å². The van der Waals surface area contributed by atoms with E-state index in [1.54, 1.807) is 7.11 Å². The third-order valence-electron chi connectivity index (χ3n) is 3.54. The molecule has 90 valence electrons. The molecule has 0 aliphatic heterocycles. The molecule has 1 aliphatic rings. The number of unbranched alkanes of at least 4 members (excludes halogenated alkanes) is 1. The Balaban J connectivity index is 2.07. The zero-order valence-corrected chi connectivity index (χ0v) is 10.4. The summed E-state index contributed by atoms with van der Waals surface area (Å²) in [6, 6.07) is 0.773. The molecule has 0 amide bonds. The van der Waals surface area contributed by atoms with Crippen LogP contribution in [0.1, 0.15) is 51.9 Å². The van der Waals surface area contributed by atoms with Gasteiger partial charge in [0.2, 0.25) is 0 Å². The van der Waals surface area contributed by atoms with Crippen LogP contribution in [0.15, 0.2) is 0 Å². The summed E-state index contributed by atoms with van der Waals surface area (Å²) < 4.78 is 5.05. The van der Waals surface area contributed by atoms with Gasteiger partial charge in [-0.25, -0.2) is 0 Å². The smallest absolute Gasteiger partial charge is 0.0462 e. The molecule has 0 aromatic heterocycles. The lowest BCUT2D eigenvalue weighted by atomic mass is 9.97. The quantitative estimate of drug-likeness (QED) is 0.541. The highest BCUT2D eigenvalue weighted by atomic mass is 16.5. The summed E-state index contributed by atoms with van der Waals surface area (Å²) in [4.78, 5) is 0. The molecule has 1 fully saturated rings. The lowest BCUT2D eigenvalue weighted by Crippen LogP contribution is -2.34. The second-order valence-electron chi connectivity index (χ2n) is 4.88. The Bertz CT molecular complexity index is 149. The van der Waals surface area contributed by atoms with Crippen molar-refractivity contribution in [2.45, 2.75) is 57.9 Å². The minimum Gasteiger partial charge on any atom is -0.385 e. The molecule has 1 aliphatic carbocycles. The average molecular weight is 213 g/mol. The number of rotatable bonds is 6. The van der Waals surface area contributed by atoms with Crippen molar-refractivity contribution in [2.75, 3.05) is 20.3 Å². The molecule has 0 bridgehead atoms. The Morgan fingerprint density at radius 1 is 1.13 bits per heavy atom. The topological polar surface area (TPSA) is 21.3 Å². The summed E-state index contributed by atoms with van der Waals surface area (Å²) in [5, 5.41) is 3.71. The maximum absolute atomic E-state index is 5.05. The van der Waals surface area contributed by atoms with Gasteiger partial charge in [0.25, 0.3) is 0 Å². The van der Waals surface area contributed by atoms with E-state index in [1.807, 2.05) is 0 Å². The van der Waals surface area contributed by atoms with Crippen molar-refractivity contribution >= 4 is 0 Å². The fourth-order valence-corrected chi connectivity index (χ4v) is 2.46. The molecular weight excluding hydrogens is 186 g/mol. The van der Waals surface area contributed by atoms with Crippen LogP contribution in [0.5, 0.6) is 0 Å². The molecule has 2 atom stereocenters. The van der Waals surface area contributed by atoms with Crippen LogP contribution in [-0.4, -0.2) is 26.3 Å². The van der Waals surface area contributed by atoms with Crippen molar-refractivity contribution in [1.82, 2.24) is 5.32 Å². The standard InChI is InChI=1S/C13H27NO/c1-12-8-4-3-5-9-13(12)14-10-6-7-11-15-2/h12-14H,3-11H2,1-2H3. The molecule has 0 aromatic carbocycles. The van der Waals surface area contributed by atoms with E-state index in [-0.39, 0.29) is 0 Å². The predicted octanol–water partition coefficient (Wildman–Crippen LogP) is 2.97. The molecule has 2 unspecified atom stereocenters. The fourth-order valence-electron chi connectivity index (χ4n) is 2.46. The first kappa shape index (κ1) is 13.0. The Morgan fingerprint density at radius 2 is 1.93 bits per heavy atom. The Hall–Kier alpha value is -0.0800. The Morgan fingerprint density at radius 3 is 2.73 bits per heavy atom. The first-order chi connectivity index (χ1) is 7.34. The molecule has 2 heteroatoms. The maximum Gasteiger partial charge on any atom is 0.0462 e. The van der Waals surface area contributed by atoms with E-state index < -0.39 is 0 Å². The number of nitrogens with one attached hydrogen (secondary N) is 1. The van der Waals surface area contributed by atoms with Crippen LogP contribution in [0.4, 0.5) is 0 Å². The molecule has 1 N–H and O–H groups in total. The first-order valence-corrected chi connectivity index (χ1v) is 6.57. The van der Waals surface area contributed by atoms with E-state index in [9.17, 15) is 0 Å². The zero-order valence-electron chi connectivity index (χ0n) is 10.4. The van der Waals surface area contributed by atoms with Gasteiger partial charge in [-0.1, -0.05) is 26.2 Å². The van der Waals surface area contributed by atoms with Crippen molar-refractivity contribution in [1.29, 1.82) is 0 Å². The third kappa shape index (κ3) is 5.53. The average Bonchev–Trinajstić information content (AvgIpc) is 2.44. The van der Waals surface area contributed by atoms with Gasteiger partial charge in [0, 0.05) is 19.8 Å². The van der Waals surface area contributed by atoms with Crippen molar-refractivity contribution in [3.63, 3.8) is 0 Å². The molecule has 2 nitrogen and oxygen atoms in total. The normalized spacial score (nSPS) is 27.6. The highest BCUT2D eigenvalue weighted by Gasteiger charge is 2.18. The molecule has 15 heavy (non-hydrogen) atoms. The Labute approximate surface area is 94.8 Å². The van der Waals surface area contributed by atoms with Crippen LogP contribution in [-0.2, 0) is 4.74 Å². The zero-order chi connectivity index (χ0) is 10.9. The molecule has 0 aromatic rings. The lowest BCUT2D eigenvalue weighted by Gasteiger charge is -2.22. The van der Waals surface area contributed by atoms with E-state index in [2.05, 4.69) is 12.2 Å². The molecule has 1 saturated carbocycles. The van der Waals surface area contributed by atoms with Gasteiger partial charge < -0.3 is 10.1 Å². The summed E-state index contributed by atoms with van der Waals surface area (Å²) >= 11 is 0. The molecule has 0 radical (unpaired) electrons. The van der Waals surface area contributed by atoms with E-state index >= 15 is 0 Å². The summed E-state index contributed by atoms with van der Waals surface area (Å²) in [5.41, 5.74) is 0. The first-order valence-electron chi connectivity index (χ1n) is 6.57. The van der Waals surface area contributed by atoms with Crippen LogP contribution < -0.4 is 5.32 Å². The molecule has 1 rings (SSSR count). The van der Waals surface area contributed by atoms with Crippen LogP contribution >= 0.6 is 0 Å². The number of ether oxygens (including phenoxy) is 1. The van der Waals surface area contributed by atoms with Gasteiger partial charge in [-0.3, -0.25) is 0 Å². The van der Waals surface area contributed by atoms with Crippen molar-refractivity contribution < 1.29 is 4.74 Å². The Kier molecular flexibility index (Phi) is 7.03. The van der Waals surface area contributed by atoms with Crippen molar-refractivity contribution in [2.24, 2.45) is 5.92 Å². The lowest BCUT2D eigenvalue weighted by molar-refractivity contribution is 0.191. The summed E-state index contributed by atoms with van der Waals surface area (Å²) in [6.07, 6.45) is 9.51. The number of methoxy groups -OCH3 is 1. The third-order valence-corrected chi connectivity index (χ3v) is 3.54. The molecule has 0 saturated heterocycles. The molecule has 0 spiro atoms. The molecular formula is C13H27NO. The molecule has 0 heterocycles. The monoisotopic (exact) mass is 213 g/mol. The second-order valence-corrected chi connectivity index (χ2v) is 4.88. The summed E-state index contributed by atoms with van der Waals surface area (Å²) in [6.45, 7) is 4.47. The highest BCUT2D eigenvalue weighted by molar-refractivity contribution is 4.76. The van der Waals surface area contributed by atoms with Crippen LogP contribution in [0.2, 0.25) is 0 Å². The predicted molar refractivity (Wildman–Crippen MR) is 65.1 cm³/mol. The van der Waals surface area contributed by atoms with Crippen LogP contribution in [0.3, 0.4) is 0 Å². The van der Waals surface area contributed by atoms with Gasteiger partial charge in [0.15, 0.2) is 0 Å². The number of hydrogen-bond acceptors (Lipinski definition) is 2. The SMILES string of the molecule is COCCCCNC1CCCCCC1C. The van der Waals surface area contributed by atoms with Gasteiger partial charge in [-0.2, -0.15) is 0 Å². The van der Waals surface area contributed by atoms with Gasteiger partial charge in [-0.15, -0.1) is 0 Å². The minimum absolute atomic E-state index is 0.773. The van der Waals surface area contributed by atoms with Gasteiger partial charge in [0.1, 0.15) is 0 Å². The minimum atomic E-state index is 0.773. The van der Waals surface area contributed by atoms with Crippen LogP contribution in [0, 0.1) is 5.92 Å². The van der Waals surface area contributed by atoms with Crippen molar-refractivity contribution in [3.05, 3.63) is 0 Å². The second kappa shape index (κ2) is 8.12. The fraction of sp³-hybridized carbons (Fsp3) is 1.00. The largest absolute Gasteiger partial charge is 0.385 e. The van der Waals surface area contributed by atoms with E-state index in [0.29, 0.717) is 0 Å². The van der Waals surface area contributed by atoms with Gasteiger partial charge >= 0.3 is 0 Å². The summed E-state index contributed by atoms with van der Waals surface area (Å²) in [5.74, 6) is 0.870.